The lowest BCUT2D eigenvalue weighted by molar-refractivity contribution is 0.0340. The Morgan fingerprint density at radius 1 is 0.857 bits per heavy atom. The maximum atomic E-state index is 12.2. The Hall–Kier alpha value is -2.19. The fraction of sp³-hybridized carbons (Fsp3) is 0.536. The van der Waals surface area contributed by atoms with Crippen LogP contribution in [0, 0.1) is 0 Å². The molecule has 0 saturated carbocycles. The van der Waals surface area contributed by atoms with E-state index >= 15 is 0 Å². The number of ether oxygens (including phenoxy) is 3. The Kier molecular flexibility index (Phi) is 9.92. The lowest BCUT2D eigenvalue weighted by atomic mass is 9.98. The van der Waals surface area contributed by atoms with Crippen molar-refractivity contribution < 1.29 is 23.4 Å². The lowest BCUT2D eigenvalue weighted by Gasteiger charge is -2.36. The van der Waals surface area contributed by atoms with Crippen LogP contribution < -0.4 is 5.32 Å². The highest BCUT2D eigenvalue weighted by Crippen LogP contribution is 2.44. The molecule has 1 amide bonds. The summed E-state index contributed by atoms with van der Waals surface area (Å²) in [6, 6.07) is 16.6. The van der Waals surface area contributed by atoms with Crippen molar-refractivity contribution in [3.05, 3.63) is 59.7 Å². The molecule has 0 atom stereocenters. The van der Waals surface area contributed by atoms with Crippen LogP contribution in [0.5, 0.6) is 0 Å². The molecule has 2 aromatic carbocycles. The third-order valence-electron chi connectivity index (χ3n) is 6.95. The Morgan fingerprint density at radius 2 is 1.40 bits per heavy atom. The molecule has 0 heterocycles. The maximum Gasteiger partial charge on any atom is 0.407 e. The zero-order valence-corrected chi connectivity index (χ0v) is 22.9. The summed E-state index contributed by atoms with van der Waals surface area (Å²) in [7, 11) is -1.71. The molecule has 0 fully saturated rings. The van der Waals surface area contributed by atoms with Crippen LogP contribution >= 0.6 is 0 Å². The molecular weight excluding hydrogens is 458 g/mol. The molecular formula is C28H41NO5Si. The van der Waals surface area contributed by atoms with Gasteiger partial charge in [0.2, 0.25) is 0 Å². The van der Waals surface area contributed by atoms with Gasteiger partial charge >= 0.3 is 6.09 Å². The molecule has 192 valence electrons. The molecule has 1 N–H and O–H groups in total. The van der Waals surface area contributed by atoms with Gasteiger partial charge in [-0.2, -0.15) is 0 Å². The van der Waals surface area contributed by atoms with Gasteiger partial charge in [-0.15, -0.1) is 0 Å². The number of benzene rings is 2. The van der Waals surface area contributed by atoms with Crippen LogP contribution in [0.3, 0.4) is 0 Å². The monoisotopic (exact) mass is 499 g/mol. The third-order valence-corrected chi connectivity index (χ3v) is 11.5. The van der Waals surface area contributed by atoms with Crippen molar-refractivity contribution in [1.82, 2.24) is 5.32 Å². The van der Waals surface area contributed by atoms with Gasteiger partial charge in [0.1, 0.15) is 6.61 Å². The topological polar surface area (TPSA) is 66.0 Å². The van der Waals surface area contributed by atoms with Crippen molar-refractivity contribution >= 4 is 14.4 Å². The van der Waals surface area contributed by atoms with Crippen molar-refractivity contribution in [3.63, 3.8) is 0 Å². The number of fused-ring (bicyclic) bond motifs is 3. The Bertz CT molecular complexity index is 911. The normalized spacial score (nSPS) is 13.4. The number of hydrogen-bond donors (Lipinski definition) is 1. The molecule has 1 aliphatic carbocycles. The first-order valence-electron chi connectivity index (χ1n) is 12.6. The number of nitrogens with one attached hydrogen (secondary N) is 1. The van der Waals surface area contributed by atoms with E-state index in [1.807, 2.05) is 24.3 Å². The molecule has 3 rings (SSSR count). The van der Waals surface area contributed by atoms with Crippen molar-refractivity contribution in [3.8, 4) is 11.1 Å². The second kappa shape index (κ2) is 12.7. The Labute approximate surface area is 211 Å². The third kappa shape index (κ3) is 7.64. The largest absolute Gasteiger partial charge is 0.449 e. The van der Waals surface area contributed by atoms with Gasteiger partial charge in [-0.3, -0.25) is 0 Å². The molecule has 0 aliphatic heterocycles. The number of carbonyl (C=O) groups excluding carboxylic acids is 1. The second-order valence-electron chi connectivity index (χ2n) is 10.4. The molecule has 0 saturated heterocycles. The van der Waals surface area contributed by atoms with E-state index in [9.17, 15) is 4.79 Å². The van der Waals surface area contributed by atoms with Crippen molar-refractivity contribution in [2.75, 3.05) is 46.2 Å². The number of hydrogen-bond acceptors (Lipinski definition) is 5. The summed E-state index contributed by atoms with van der Waals surface area (Å²) >= 11 is 0. The van der Waals surface area contributed by atoms with Crippen molar-refractivity contribution in [2.45, 2.75) is 51.2 Å². The summed E-state index contributed by atoms with van der Waals surface area (Å²) in [6.07, 6.45) is 0.329. The van der Waals surface area contributed by atoms with Gasteiger partial charge < -0.3 is 24.0 Å². The van der Waals surface area contributed by atoms with E-state index in [1.165, 1.54) is 22.3 Å². The lowest BCUT2D eigenvalue weighted by Crippen LogP contribution is -2.41. The molecule has 0 aromatic heterocycles. The zero-order chi connectivity index (χ0) is 25.3. The molecule has 35 heavy (non-hydrogen) atoms. The van der Waals surface area contributed by atoms with E-state index < -0.39 is 14.4 Å². The number of amides is 1. The summed E-state index contributed by atoms with van der Waals surface area (Å²) in [5.41, 5.74) is 4.87. The second-order valence-corrected chi connectivity index (χ2v) is 15.2. The van der Waals surface area contributed by atoms with E-state index in [1.54, 1.807) is 0 Å². The molecule has 0 unspecified atom stereocenters. The first-order valence-corrected chi connectivity index (χ1v) is 15.5. The van der Waals surface area contributed by atoms with Gasteiger partial charge in [-0.1, -0.05) is 69.3 Å². The van der Waals surface area contributed by atoms with E-state index in [4.69, 9.17) is 18.6 Å². The molecule has 7 heteroatoms. The first kappa shape index (κ1) is 27.4. The van der Waals surface area contributed by atoms with Crippen LogP contribution in [0.1, 0.15) is 44.2 Å². The molecule has 0 bridgehead atoms. The summed E-state index contributed by atoms with van der Waals surface area (Å²) in [5.74, 6) is 0.0729. The first-order chi connectivity index (χ1) is 16.7. The molecule has 0 radical (unpaired) electrons. The smallest absolute Gasteiger partial charge is 0.407 e. The number of alkyl carbamates (subject to hydrolysis) is 1. The van der Waals surface area contributed by atoms with Gasteiger partial charge in [-0.05, 0) is 46.8 Å². The van der Waals surface area contributed by atoms with Gasteiger partial charge in [0.15, 0.2) is 8.32 Å². The highest BCUT2D eigenvalue weighted by atomic mass is 28.4. The number of carbonyl (C=O) groups is 1. The van der Waals surface area contributed by atoms with Crippen LogP contribution in [0.15, 0.2) is 48.5 Å². The minimum Gasteiger partial charge on any atom is -0.449 e. The molecule has 0 spiro atoms. The van der Waals surface area contributed by atoms with E-state index in [-0.39, 0.29) is 11.0 Å². The SMILES string of the molecule is CC(C)(C)[Si](C)(C)OCCOCCOCCCNC(=O)OCC1c2ccccc2-c2ccccc21. The van der Waals surface area contributed by atoms with Crippen LogP contribution in [-0.2, 0) is 18.6 Å². The average molecular weight is 500 g/mol. The van der Waals surface area contributed by atoms with Gasteiger partial charge in [0.05, 0.1) is 26.4 Å². The predicted octanol–water partition coefficient (Wildman–Crippen LogP) is 5.97. The minimum absolute atomic E-state index is 0.0729. The van der Waals surface area contributed by atoms with Crippen molar-refractivity contribution in [1.29, 1.82) is 0 Å². The van der Waals surface area contributed by atoms with E-state index in [0.717, 1.165) is 6.42 Å². The van der Waals surface area contributed by atoms with Crippen molar-refractivity contribution in [2.24, 2.45) is 0 Å². The highest BCUT2D eigenvalue weighted by molar-refractivity contribution is 6.74. The Balaban J connectivity index is 1.22. The average Bonchev–Trinajstić information content (AvgIpc) is 3.14. The van der Waals surface area contributed by atoms with Crippen LogP contribution in [0.4, 0.5) is 4.79 Å². The molecule has 6 nitrogen and oxygen atoms in total. The van der Waals surface area contributed by atoms with Gasteiger partial charge in [0, 0.05) is 19.1 Å². The maximum absolute atomic E-state index is 12.2. The van der Waals surface area contributed by atoms with E-state index in [2.05, 4.69) is 63.4 Å². The molecule has 2 aromatic rings. The highest BCUT2D eigenvalue weighted by Gasteiger charge is 2.36. The van der Waals surface area contributed by atoms with Gasteiger partial charge in [0.25, 0.3) is 0 Å². The minimum atomic E-state index is -1.71. The fourth-order valence-electron chi connectivity index (χ4n) is 3.91. The summed E-state index contributed by atoms with van der Waals surface area (Å²) in [5, 5.41) is 3.03. The fourth-order valence-corrected chi connectivity index (χ4v) is 4.94. The van der Waals surface area contributed by atoms with Crippen LogP contribution in [0.25, 0.3) is 11.1 Å². The summed E-state index contributed by atoms with van der Waals surface area (Å²) < 4.78 is 22.8. The number of rotatable bonds is 13. The van der Waals surface area contributed by atoms with Crippen LogP contribution in [-0.4, -0.2) is 60.6 Å². The Morgan fingerprint density at radius 3 is 2.00 bits per heavy atom. The summed E-state index contributed by atoms with van der Waals surface area (Å²) in [4.78, 5) is 12.2. The summed E-state index contributed by atoms with van der Waals surface area (Å²) in [6.45, 7) is 14.9. The van der Waals surface area contributed by atoms with Gasteiger partial charge in [-0.25, -0.2) is 4.79 Å². The predicted molar refractivity (Wildman–Crippen MR) is 142 cm³/mol. The quantitative estimate of drug-likeness (QED) is 0.272. The molecule has 1 aliphatic rings. The van der Waals surface area contributed by atoms with E-state index in [0.29, 0.717) is 46.2 Å². The standard InChI is InChI=1S/C28H41NO5Si/c1-28(2,3)35(4,5)34-20-19-32-18-17-31-16-10-15-29-27(30)33-21-26-24-13-8-6-11-22(24)23-12-7-9-14-25(23)26/h6-9,11-14,26H,10,15-21H2,1-5H3,(H,29,30). The van der Waals surface area contributed by atoms with Crippen LogP contribution in [0.2, 0.25) is 18.1 Å². The zero-order valence-electron chi connectivity index (χ0n) is 21.9.